The molecule has 3 aliphatic heterocycles. The van der Waals surface area contributed by atoms with Gasteiger partial charge < -0.3 is 19.3 Å². The number of benzene rings is 2. The molecule has 1 N–H and O–H groups in total. The predicted molar refractivity (Wildman–Crippen MR) is 182 cm³/mol. The summed E-state index contributed by atoms with van der Waals surface area (Å²) in [6.45, 7) is 1.96. The second-order valence-electron chi connectivity index (χ2n) is 14.0. The summed E-state index contributed by atoms with van der Waals surface area (Å²) in [5.41, 5.74) is 2.75. The SMILES string of the molecule is CO[C@@H]1/C=C\C[C@H](C)[C@@H](CC(=O)N2CC(F)(F)C2)C(=O)NS(=O)(=O)c2ccc3c(c2)N(CCCCc2cc(Cl)ccc2CO3)C[C@@H]2CC[C@H]21. The number of hydrogen-bond donors (Lipinski definition) is 1. The van der Waals surface area contributed by atoms with E-state index in [-0.39, 0.29) is 35.9 Å². The third-order valence-electron chi connectivity index (χ3n) is 10.6. The van der Waals surface area contributed by atoms with Crippen LogP contribution in [0.25, 0.3) is 0 Å². The zero-order valence-corrected chi connectivity index (χ0v) is 29.4. The Balaban J connectivity index is 1.36. The Bertz CT molecular complexity index is 1700. The van der Waals surface area contributed by atoms with Crippen LogP contribution in [0.3, 0.4) is 0 Å². The van der Waals surface area contributed by atoms with E-state index >= 15 is 0 Å². The number of hydrogen-bond acceptors (Lipinski definition) is 7. The van der Waals surface area contributed by atoms with Gasteiger partial charge in [-0.05, 0) is 97.7 Å². The molecule has 266 valence electrons. The lowest BCUT2D eigenvalue weighted by atomic mass is 9.70. The van der Waals surface area contributed by atoms with Gasteiger partial charge in [-0.3, -0.25) is 9.59 Å². The van der Waals surface area contributed by atoms with E-state index in [0.717, 1.165) is 48.1 Å². The number of halogens is 3. The van der Waals surface area contributed by atoms with Gasteiger partial charge in [-0.15, -0.1) is 0 Å². The molecule has 2 aromatic carbocycles. The van der Waals surface area contributed by atoms with Crippen molar-refractivity contribution in [3.8, 4) is 5.75 Å². The van der Waals surface area contributed by atoms with E-state index in [1.807, 2.05) is 30.4 Å². The zero-order valence-electron chi connectivity index (χ0n) is 27.9. The third kappa shape index (κ3) is 8.07. The van der Waals surface area contributed by atoms with Crippen LogP contribution in [-0.4, -0.2) is 70.4 Å². The van der Waals surface area contributed by atoms with Crippen LogP contribution in [0.1, 0.15) is 56.6 Å². The molecule has 1 aliphatic carbocycles. The number of ether oxygens (including phenoxy) is 2. The average molecular weight is 720 g/mol. The summed E-state index contributed by atoms with van der Waals surface area (Å²) < 4.78 is 69.3. The minimum Gasteiger partial charge on any atom is -0.487 e. The largest absolute Gasteiger partial charge is 0.487 e. The van der Waals surface area contributed by atoms with Gasteiger partial charge in [0.2, 0.25) is 11.8 Å². The van der Waals surface area contributed by atoms with E-state index in [9.17, 15) is 26.8 Å². The quantitative estimate of drug-likeness (QED) is 0.389. The summed E-state index contributed by atoms with van der Waals surface area (Å²) in [5, 5.41) is 0.664. The number of alkyl halides is 2. The van der Waals surface area contributed by atoms with Gasteiger partial charge in [-0.25, -0.2) is 21.9 Å². The number of aryl methyl sites for hydroxylation is 1. The maximum atomic E-state index is 13.8. The fourth-order valence-corrected chi connectivity index (χ4v) is 8.68. The molecule has 0 radical (unpaired) electrons. The number of allylic oxidation sites excluding steroid dienone is 1. The molecule has 13 heteroatoms. The molecule has 6 rings (SSSR count). The minimum absolute atomic E-state index is 0.109. The second-order valence-corrected chi connectivity index (χ2v) is 16.1. The minimum atomic E-state index is -4.38. The number of methoxy groups -OCH3 is 1. The van der Waals surface area contributed by atoms with Gasteiger partial charge in [0.15, 0.2) is 0 Å². The Morgan fingerprint density at radius 3 is 2.63 bits per heavy atom. The van der Waals surface area contributed by atoms with Crippen molar-refractivity contribution in [1.82, 2.24) is 9.62 Å². The summed E-state index contributed by atoms with van der Waals surface area (Å²) in [7, 11) is -2.70. The fourth-order valence-electron chi connectivity index (χ4n) is 7.44. The topological polar surface area (TPSA) is 105 Å². The first-order valence-corrected chi connectivity index (χ1v) is 18.9. The van der Waals surface area contributed by atoms with Crippen LogP contribution < -0.4 is 14.4 Å². The predicted octanol–water partition coefficient (Wildman–Crippen LogP) is 5.99. The van der Waals surface area contributed by atoms with Crippen molar-refractivity contribution < 1.29 is 36.3 Å². The number of nitrogens with one attached hydrogen (secondary N) is 1. The summed E-state index contributed by atoms with van der Waals surface area (Å²) >= 11 is 6.32. The second kappa shape index (κ2) is 14.6. The van der Waals surface area contributed by atoms with Crippen molar-refractivity contribution in [3.05, 3.63) is 64.7 Å². The Morgan fingerprint density at radius 1 is 1.12 bits per heavy atom. The van der Waals surface area contributed by atoms with E-state index < -0.39 is 52.7 Å². The lowest BCUT2D eigenvalue weighted by molar-refractivity contribution is -0.167. The van der Waals surface area contributed by atoms with Crippen LogP contribution in [0.2, 0.25) is 5.02 Å². The highest BCUT2D eigenvalue weighted by molar-refractivity contribution is 7.90. The molecule has 0 aromatic heterocycles. The standard InChI is InChI=1S/C36H44ClF2N3O6S/c1-23-6-5-8-32(47-2)29-13-10-25(29)19-41-15-4-3-7-24-16-27(37)11-9-26(24)20-48-33-14-12-28(17-31(33)41)49(45,46)40-35(44)30(23)18-34(43)42-21-36(38,39)22-42/h5,8-9,11-12,14,16-17,23,25,29-30,32H,3-4,6-7,10,13,15,18-22H2,1-2H3,(H,40,44)/b8-5-/t23-,25-,29+,30+,32+/m0/s1. The molecule has 9 nitrogen and oxygen atoms in total. The van der Waals surface area contributed by atoms with Crippen molar-refractivity contribution in [1.29, 1.82) is 0 Å². The number of nitrogens with zero attached hydrogens (tertiary/aromatic N) is 2. The van der Waals surface area contributed by atoms with Crippen molar-refractivity contribution in [2.75, 3.05) is 38.2 Å². The van der Waals surface area contributed by atoms with Crippen molar-refractivity contribution in [3.63, 3.8) is 0 Å². The highest BCUT2D eigenvalue weighted by Crippen LogP contribution is 2.42. The molecule has 1 saturated heterocycles. The van der Waals surface area contributed by atoms with Crippen molar-refractivity contribution in [2.45, 2.75) is 75.4 Å². The molecule has 0 spiro atoms. The number of carbonyl (C=O) groups excluding carboxylic acids is 2. The van der Waals surface area contributed by atoms with Gasteiger partial charge in [0.25, 0.3) is 15.9 Å². The van der Waals surface area contributed by atoms with E-state index in [1.165, 1.54) is 6.07 Å². The van der Waals surface area contributed by atoms with Crippen LogP contribution in [0.15, 0.2) is 53.4 Å². The monoisotopic (exact) mass is 719 g/mol. The van der Waals surface area contributed by atoms with Gasteiger partial charge in [-0.1, -0.05) is 36.7 Å². The smallest absolute Gasteiger partial charge is 0.282 e. The summed E-state index contributed by atoms with van der Waals surface area (Å²) in [6, 6.07) is 10.4. The van der Waals surface area contributed by atoms with Crippen LogP contribution in [0.5, 0.6) is 5.75 Å². The van der Waals surface area contributed by atoms with E-state index in [2.05, 4.69) is 9.62 Å². The molecule has 0 unspecified atom stereocenters. The molecule has 2 fully saturated rings. The summed E-state index contributed by atoms with van der Waals surface area (Å²) in [4.78, 5) is 29.8. The Kier molecular flexibility index (Phi) is 10.6. The highest BCUT2D eigenvalue weighted by atomic mass is 35.5. The highest BCUT2D eigenvalue weighted by Gasteiger charge is 2.47. The molecule has 2 aromatic rings. The lowest BCUT2D eigenvalue weighted by Gasteiger charge is -2.43. The number of rotatable bonds is 3. The van der Waals surface area contributed by atoms with Crippen LogP contribution >= 0.6 is 11.6 Å². The van der Waals surface area contributed by atoms with E-state index in [4.69, 9.17) is 21.1 Å². The Labute approximate surface area is 292 Å². The molecule has 5 atom stereocenters. The normalized spacial score (nSPS) is 29.0. The lowest BCUT2D eigenvalue weighted by Crippen LogP contribution is -2.59. The first kappa shape index (κ1) is 35.6. The number of carbonyl (C=O) groups is 2. The first-order chi connectivity index (χ1) is 23.3. The summed E-state index contributed by atoms with van der Waals surface area (Å²) in [6.07, 6.45) is 8.29. The number of sulfonamides is 1. The van der Waals surface area contributed by atoms with E-state index in [0.29, 0.717) is 36.0 Å². The maximum Gasteiger partial charge on any atom is 0.282 e. The Morgan fingerprint density at radius 2 is 1.92 bits per heavy atom. The fraction of sp³-hybridized carbons (Fsp3) is 0.556. The maximum absolute atomic E-state index is 13.8. The first-order valence-electron chi connectivity index (χ1n) is 17.0. The third-order valence-corrected chi connectivity index (χ3v) is 12.1. The summed E-state index contributed by atoms with van der Waals surface area (Å²) in [5.74, 6) is -4.91. The van der Waals surface area contributed by atoms with Gasteiger partial charge in [0.05, 0.1) is 35.7 Å². The van der Waals surface area contributed by atoms with Crippen LogP contribution in [0, 0.1) is 23.7 Å². The molecule has 1 saturated carbocycles. The Hall–Kier alpha value is -3.22. The molecule has 2 bridgehead atoms. The molecule has 2 amide bonds. The van der Waals surface area contributed by atoms with Crippen molar-refractivity contribution >= 4 is 39.1 Å². The molecular weight excluding hydrogens is 676 g/mol. The molecule has 3 heterocycles. The van der Waals surface area contributed by atoms with Crippen molar-refractivity contribution in [2.24, 2.45) is 23.7 Å². The zero-order chi connectivity index (χ0) is 34.9. The van der Waals surface area contributed by atoms with Gasteiger partial charge in [-0.2, -0.15) is 0 Å². The van der Waals surface area contributed by atoms with E-state index in [1.54, 1.807) is 26.2 Å². The van der Waals surface area contributed by atoms with Gasteiger partial charge in [0.1, 0.15) is 12.4 Å². The molecule has 4 aliphatic rings. The molecule has 49 heavy (non-hydrogen) atoms. The van der Waals surface area contributed by atoms with Crippen LogP contribution in [0.4, 0.5) is 14.5 Å². The van der Waals surface area contributed by atoms with Crippen LogP contribution in [-0.2, 0) is 37.4 Å². The number of anilines is 1. The molecular formula is C36H44ClF2N3O6S. The number of fused-ring (bicyclic) bond motifs is 3. The van der Waals surface area contributed by atoms with Gasteiger partial charge in [0, 0.05) is 31.6 Å². The average Bonchev–Trinajstić information content (AvgIpc) is 3.06. The number of amides is 2. The number of likely N-dealkylation sites (tertiary alicyclic amines) is 1. The van der Waals surface area contributed by atoms with Gasteiger partial charge >= 0.3 is 0 Å².